The highest BCUT2D eigenvalue weighted by molar-refractivity contribution is 5.99. The van der Waals surface area contributed by atoms with E-state index in [9.17, 15) is 19.5 Å². The first-order valence-corrected chi connectivity index (χ1v) is 11.8. The lowest BCUT2D eigenvalue weighted by Crippen LogP contribution is -2.46. The van der Waals surface area contributed by atoms with Gasteiger partial charge < -0.3 is 14.7 Å². The number of piperidine rings is 1. The van der Waals surface area contributed by atoms with Crippen LogP contribution in [-0.4, -0.2) is 57.8 Å². The first-order valence-electron chi connectivity index (χ1n) is 11.8. The number of carbonyl (C=O) groups excluding carboxylic acids is 2. The van der Waals surface area contributed by atoms with Gasteiger partial charge in [0.15, 0.2) is 5.82 Å². The van der Waals surface area contributed by atoms with Crippen LogP contribution in [0.2, 0.25) is 0 Å². The first-order chi connectivity index (χ1) is 16.2. The molecule has 34 heavy (non-hydrogen) atoms. The van der Waals surface area contributed by atoms with Crippen molar-refractivity contribution in [3.63, 3.8) is 0 Å². The van der Waals surface area contributed by atoms with Gasteiger partial charge in [0.2, 0.25) is 5.91 Å². The number of aryl methyl sites for hydroxylation is 2. The Morgan fingerprint density at radius 3 is 2.53 bits per heavy atom. The summed E-state index contributed by atoms with van der Waals surface area (Å²) in [6, 6.07) is 5.25. The molecular weight excluding hydrogens is 436 g/mol. The maximum Gasteiger partial charge on any atom is 0.338 e. The smallest absolute Gasteiger partial charge is 0.338 e. The van der Waals surface area contributed by atoms with Crippen molar-refractivity contribution in [1.82, 2.24) is 14.7 Å². The van der Waals surface area contributed by atoms with Crippen LogP contribution in [0.25, 0.3) is 0 Å². The van der Waals surface area contributed by atoms with Crippen molar-refractivity contribution in [3.8, 4) is 0 Å². The summed E-state index contributed by atoms with van der Waals surface area (Å²) in [7, 11) is 1.60. The van der Waals surface area contributed by atoms with Crippen LogP contribution in [0.3, 0.4) is 0 Å². The third-order valence-corrected chi connectivity index (χ3v) is 7.83. The molecule has 0 bridgehead atoms. The summed E-state index contributed by atoms with van der Waals surface area (Å²) in [6.45, 7) is 6.44. The number of rotatable bonds is 4. The minimum absolute atomic E-state index is 0.0809. The fraction of sp³-hybridized carbons (Fsp3) is 0.520. The van der Waals surface area contributed by atoms with E-state index in [1.54, 1.807) is 31.0 Å². The Morgan fingerprint density at radius 1 is 1.12 bits per heavy atom. The van der Waals surface area contributed by atoms with Gasteiger partial charge in [0.05, 0.1) is 17.1 Å². The van der Waals surface area contributed by atoms with Crippen molar-refractivity contribution in [1.29, 1.82) is 0 Å². The van der Waals surface area contributed by atoms with Gasteiger partial charge in [-0.25, -0.2) is 9.48 Å². The van der Waals surface area contributed by atoms with Crippen molar-refractivity contribution in [2.24, 2.45) is 12.5 Å². The van der Waals surface area contributed by atoms with Gasteiger partial charge in [-0.2, -0.15) is 5.10 Å². The van der Waals surface area contributed by atoms with E-state index in [0.717, 1.165) is 49.0 Å². The molecule has 0 radical (unpaired) electrons. The van der Waals surface area contributed by atoms with Crippen molar-refractivity contribution < 1.29 is 19.4 Å². The minimum Gasteiger partial charge on any atom is -0.457 e. The Kier molecular flexibility index (Phi) is 5.56. The van der Waals surface area contributed by atoms with Crippen molar-refractivity contribution in [2.45, 2.75) is 45.8 Å². The Labute approximate surface area is 197 Å². The zero-order chi connectivity index (χ0) is 24.2. The fourth-order valence-corrected chi connectivity index (χ4v) is 5.61. The Bertz CT molecular complexity index is 1200. The van der Waals surface area contributed by atoms with Gasteiger partial charge in [-0.05, 0) is 69.5 Å². The number of aromatic nitrogens is 2. The normalized spacial score (nSPS) is 20.6. The number of ether oxygens (including phenoxy) is 1. The number of benzene rings is 1. The quantitative estimate of drug-likeness (QED) is 0.683. The van der Waals surface area contributed by atoms with Crippen LogP contribution in [0.15, 0.2) is 23.0 Å². The van der Waals surface area contributed by atoms with E-state index in [1.165, 1.54) is 4.68 Å². The number of nitrogens with zero attached hydrogens (tertiary/aromatic N) is 4. The first kappa shape index (κ1) is 22.7. The number of hydrogen-bond acceptors (Lipinski definition) is 7. The molecule has 1 aromatic carbocycles. The molecule has 1 spiro atoms. The molecule has 1 atom stereocenters. The topological polar surface area (TPSA) is 105 Å². The van der Waals surface area contributed by atoms with Gasteiger partial charge in [-0.3, -0.25) is 14.5 Å². The van der Waals surface area contributed by atoms with Crippen molar-refractivity contribution in [2.75, 3.05) is 31.1 Å². The predicted octanol–water partition coefficient (Wildman–Crippen LogP) is 1.62. The second kappa shape index (κ2) is 8.32. The Morgan fingerprint density at radius 2 is 1.82 bits per heavy atom. The van der Waals surface area contributed by atoms with Gasteiger partial charge in [-0.1, -0.05) is 6.07 Å². The average Bonchev–Trinajstić information content (AvgIpc) is 3.34. The zero-order valence-electron chi connectivity index (χ0n) is 19.8. The molecule has 1 aromatic heterocycles. The summed E-state index contributed by atoms with van der Waals surface area (Å²) in [6.07, 6.45) is 1.55. The number of aliphatic hydroxyl groups is 1. The Hall–Kier alpha value is -3.04. The van der Waals surface area contributed by atoms with E-state index >= 15 is 0 Å². The monoisotopic (exact) mass is 466 g/mol. The Balaban J connectivity index is 1.24. The molecule has 2 fully saturated rings. The number of esters is 1. The molecule has 0 saturated carbocycles. The minimum atomic E-state index is -0.677. The van der Waals surface area contributed by atoms with E-state index in [-0.39, 0.29) is 24.0 Å². The molecular formula is C25H30N4O5. The summed E-state index contributed by atoms with van der Waals surface area (Å²) in [5.41, 5.74) is 3.17. The maximum atomic E-state index is 13.4. The highest BCUT2D eigenvalue weighted by atomic mass is 16.5. The van der Waals surface area contributed by atoms with Gasteiger partial charge in [0, 0.05) is 31.3 Å². The van der Waals surface area contributed by atoms with Crippen LogP contribution >= 0.6 is 0 Å². The predicted molar refractivity (Wildman–Crippen MR) is 125 cm³/mol. The molecule has 9 nitrogen and oxygen atoms in total. The SMILES string of the molecule is Cc1c([C@@H](O)CN2CCC3(CC2)CCN(c2cc(C)c(=O)n(C)n2)C3=O)ccc2c1COC2=O. The number of β-amino-alcohol motifs (C(OH)–C–C–N with tert-alkyl or cyclic N) is 1. The van der Waals surface area contributed by atoms with E-state index in [2.05, 4.69) is 10.00 Å². The summed E-state index contributed by atoms with van der Waals surface area (Å²) in [4.78, 5) is 41.1. The average molecular weight is 467 g/mol. The fourth-order valence-electron chi connectivity index (χ4n) is 5.61. The number of amides is 1. The van der Waals surface area contributed by atoms with Gasteiger partial charge >= 0.3 is 5.97 Å². The molecule has 0 aliphatic carbocycles. The summed E-state index contributed by atoms with van der Waals surface area (Å²) in [5, 5.41) is 15.3. The van der Waals surface area contributed by atoms with Crippen molar-refractivity contribution >= 4 is 17.7 Å². The van der Waals surface area contributed by atoms with Crippen LogP contribution in [-0.2, 0) is 23.2 Å². The highest BCUT2D eigenvalue weighted by Crippen LogP contribution is 2.43. The maximum absolute atomic E-state index is 13.4. The van der Waals surface area contributed by atoms with Crippen LogP contribution in [0.4, 0.5) is 5.82 Å². The lowest BCUT2D eigenvalue weighted by molar-refractivity contribution is -0.128. The third kappa shape index (κ3) is 3.63. The van der Waals surface area contributed by atoms with Crippen LogP contribution < -0.4 is 10.5 Å². The van der Waals surface area contributed by atoms with Crippen LogP contribution in [0.1, 0.15) is 58.0 Å². The number of cyclic esters (lactones) is 1. The second-order valence-electron chi connectivity index (χ2n) is 9.80. The number of likely N-dealkylation sites (tertiary alicyclic amines) is 1. The third-order valence-electron chi connectivity index (χ3n) is 7.83. The van der Waals surface area contributed by atoms with E-state index in [4.69, 9.17) is 4.74 Å². The molecule has 180 valence electrons. The molecule has 1 amide bonds. The van der Waals surface area contributed by atoms with E-state index in [1.807, 2.05) is 13.0 Å². The van der Waals surface area contributed by atoms with Crippen LogP contribution in [0, 0.1) is 19.3 Å². The largest absolute Gasteiger partial charge is 0.457 e. The van der Waals surface area contributed by atoms with E-state index < -0.39 is 11.5 Å². The molecule has 3 aliphatic rings. The molecule has 5 rings (SSSR count). The molecule has 2 aromatic rings. The van der Waals surface area contributed by atoms with Gasteiger partial charge in [-0.15, -0.1) is 0 Å². The van der Waals surface area contributed by atoms with Gasteiger partial charge in [0.25, 0.3) is 5.56 Å². The summed E-state index contributed by atoms with van der Waals surface area (Å²) in [5.74, 6) is 0.310. The number of hydrogen-bond donors (Lipinski definition) is 1. The van der Waals surface area contributed by atoms with E-state index in [0.29, 0.717) is 30.0 Å². The molecule has 1 N–H and O–H groups in total. The summed E-state index contributed by atoms with van der Waals surface area (Å²) < 4.78 is 6.41. The lowest BCUT2D eigenvalue weighted by Gasteiger charge is -2.38. The number of aliphatic hydroxyl groups excluding tert-OH is 1. The van der Waals surface area contributed by atoms with Crippen molar-refractivity contribution in [3.05, 3.63) is 56.4 Å². The number of fused-ring (bicyclic) bond motifs is 1. The molecule has 3 aliphatic heterocycles. The molecule has 2 saturated heterocycles. The van der Waals surface area contributed by atoms with Crippen LogP contribution in [0.5, 0.6) is 0 Å². The second-order valence-corrected chi connectivity index (χ2v) is 9.80. The molecule has 0 unspecified atom stereocenters. The standard InChI is InChI=1S/C25H30N4O5/c1-15-12-21(26-27(3)22(15)31)29-11-8-25(24(29)33)6-9-28(10-7-25)13-20(30)17-4-5-18-19(16(17)2)14-34-23(18)32/h4-5,12,20,30H,6-11,13-14H2,1-3H3/t20-/m0/s1. The zero-order valence-corrected chi connectivity index (χ0v) is 19.8. The number of carbonyl (C=O) groups is 2. The highest BCUT2D eigenvalue weighted by Gasteiger charge is 2.49. The lowest BCUT2D eigenvalue weighted by atomic mass is 9.77. The number of anilines is 1. The molecule has 4 heterocycles. The summed E-state index contributed by atoms with van der Waals surface area (Å²) >= 11 is 0. The van der Waals surface area contributed by atoms with Gasteiger partial charge in [0.1, 0.15) is 6.61 Å². The molecule has 9 heteroatoms.